The molecule has 2 N–H and O–H groups in total. The Labute approximate surface area is 157 Å². The summed E-state index contributed by atoms with van der Waals surface area (Å²) >= 11 is 0. The van der Waals surface area contributed by atoms with E-state index in [0.717, 1.165) is 11.6 Å². The predicted octanol–water partition coefficient (Wildman–Crippen LogP) is 2.89. The van der Waals surface area contributed by atoms with Crippen LogP contribution in [0.15, 0.2) is 60.3 Å². The third-order valence-corrected chi connectivity index (χ3v) is 3.55. The zero-order chi connectivity index (χ0) is 19.8. The molecule has 0 saturated heterocycles. The Morgan fingerprint density at radius 2 is 1.56 bits per heavy atom. The van der Waals surface area contributed by atoms with E-state index in [4.69, 9.17) is 0 Å². The maximum atomic E-state index is 12.5. The van der Waals surface area contributed by atoms with Crippen LogP contribution in [0.25, 0.3) is 0 Å². The number of carbonyl (C=O) groups is 3. The Kier molecular flexibility index (Phi) is 6.71. The van der Waals surface area contributed by atoms with Gasteiger partial charge in [-0.1, -0.05) is 18.2 Å². The quantitative estimate of drug-likeness (QED) is 0.601. The van der Waals surface area contributed by atoms with E-state index in [1.54, 1.807) is 30.3 Å². The minimum Gasteiger partial charge on any atom is -0.466 e. The molecule has 0 atom stereocenters. The lowest BCUT2D eigenvalue weighted by molar-refractivity contribution is -0.138. The van der Waals surface area contributed by atoms with Crippen molar-refractivity contribution < 1.29 is 23.9 Å². The van der Waals surface area contributed by atoms with Crippen LogP contribution in [0, 0.1) is 6.92 Å². The Bertz CT molecular complexity index is 889. The number of aryl methyl sites for hydroxylation is 1. The highest BCUT2D eigenvalue weighted by atomic mass is 16.5. The Morgan fingerprint density at radius 3 is 2.19 bits per heavy atom. The van der Waals surface area contributed by atoms with Crippen LogP contribution in [-0.4, -0.2) is 32.1 Å². The fourth-order valence-electron chi connectivity index (χ4n) is 2.25. The molecular weight excluding hydrogens is 348 g/mol. The minimum atomic E-state index is -0.741. The fraction of sp³-hybridized carbons (Fsp3) is 0.150. The molecule has 2 rings (SSSR count). The molecule has 0 spiro atoms. The van der Waals surface area contributed by atoms with E-state index in [0.29, 0.717) is 16.9 Å². The minimum absolute atomic E-state index is 0.111. The van der Waals surface area contributed by atoms with Gasteiger partial charge in [0.05, 0.1) is 20.3 Å². The Balaban J connectivity index is 2.20. The average Bonchev–Trinajstić information content (AvgIpc) is 2.67. The third kappa shape index (κ3) is 5.71. The number of hydrogen-bond donors (Lipinski definition) is 2. The number of esters is 2. The van der Waals surface area contributed by atoms with Crippen molar-refractivity contribution in [3.8, 4) is 0 Å². The van der Waals surface area contributed by atoms with Crippen molar-refractivity contribution in [1.82, 2.24) is 0 Å². The van der Waals surface area contributed by atoms with Gasteiger partial charge in [0.15, 0.2) is 0 Å². The van der Waals surface area contributed by atoms with E-state index in [1.165, 1.54) is 14.2 Å². The molecular formula is C20H20N2O5. The molecule has 7 nitrogen and oxygen atoms in total. The van der Waals surface area contributed by atoms with E-state index < -0.39 is 11.9 Å². The van der Waals surface area contributed by atoms with Crippen molar-refractivity contribution in [3.63, 3.8) is 0 Å². The standard InChI is InChI=1S/C20H20N2O5/c1-13-6-4-8-15(10-13)22-19(24)14-7-5-9-16(11-14)21-17(20(25)27-3)12-18(23)26-2/h4-12,21H,1-3H3,(H,22,24)/b17-12+. The van der Waals surface area contributed by atoms with Gasteiger partial charge in [-0.05, 0) is 42.8 Å². The summed E-state index contributed by atoms with van der Waals surface area (Å²) < 4.78 is 9.16. The van der Waals surface area contributed by atoms with Gasteiger partial charge in [-0.15, -0.1) is 0 Å². The molecule has 1 amide bonds. The molecule has 0 unspecified atom stereocenters. The molecule has 0 aliphatic heterocycles. The molecule has 0 heterocycles. The first-order valence-corrected chi connectivity index (χ1v) is 8.06. The van der Waals surface area contributed by atoms with Crippen molar-refractivity contribution in [1.29, 1.82) is 0 Å². The molecule has 0 aliphatic carbocycles. The molecule has 2 aromatic carbocycles. The van der Waals surface area contributed by atoms with E-state index in [9.17, 15) is 14.4 Å². The van der Waals surface area contributed by atoms with Gasteiger partial charge in [-0.3, -0.25) is 4.79 Å². The average molecular weight is 368 g/mol. The monoisotopic (exact) mass is 368 g/mol. The molecule has 0 radical (unpaired) electrons. The number of hydrogen-bond acceptors (Lipinski definition) is 6. The molecule has 27 heavy (non-hydrogen) atoms. The van der Waals surface area contributed by atoms with Crippen LogP contribution in [0.4, 0.5) is 11.4 Å². The molecule has 0 bridgehead atoms. The van der Waals surface area contributed by atoms with E-state index >= 15 is 0 Å². The summed E-state index contributed by atoms with van der Waals surface area (Å²) in [6.45, 7) is 1.93. The van der Waals surface area contributed by atoms with Crippen molar-refractivity contribution in [2.75, 3.05) is 24.9 Å². The van der Waals surface area contributed by atoms with Crippen LogP contribution in [0.1, 0.15) is 15.9 Å². The van der Waals surface area contributed by atoms with Crippen LogP contribution >= 0.6 is 0 Å². The van der Waals surface area contributed by atoms with Gasteiger partial charge < -0.3 is 20.1 Å². The van der Waals surface area contributed by atoms with E-state index in [1.807, 2.05) is 25.1 Å². The number of nitrogens with one attached hydrogen (secondary N) is 2. The van der Waals surface area contributed by atoms with E-state index in [-0.39, 0.29) is 11.6 Å². The van der Waals surface area contributed by atoms with Crippen molar-refractivity contribution in [2.45, 2.75) is 6.92 Å². The van der Waals surface area contributed by atoms with Crippen LogP contribution < -0.4 is 10.6 Å². The summed E-state index contributed by atoms with van der Waals surface area (Å²) in [6.07, 6.45) is 0.978. The van der Waals surface area contributed by atoms with Gasteiger partial charge in [0.2, 0.25) is 0 Å². The van der Waals surface area contributed by atoms with Gasteiger partial charge in [-0.25, -0.2) is 9.59 Å². The lowest BCUT2D eigenvalue weighted by Gasteiger charge is -2.11. The number of amides is 1. The zero-order valence-corrected chi connectivity index (χ0v) is 15.2. The summed E-state index contributed by atoms with van der Waals surface area (Å²) in [5, 5.41) is 5.58. The molecule has 0 saturated carbocycles. The van der Waals surface area contributed by atoms with Crippen molar-refractivity contribution in [3.05, 3.63) is 71.4 Å². The lowest BCUT2D eigenvalue weighted by Crippen LogP contribution is -2.16. The summed E-state index contributed by atoms with van der Waals surface area (Å²) in [5.41, 5.74) is 2.41. The van der Waals surface area contributed by atoms with Crippen LogP contribution in [0.2, 0.25) is 0 Å². The molecule has 0 fully saturated rings. The number of rotatable bonds is 6. The molecule has 2 aromatic rings. The molecule has 0 aliphatic rings. The summed E-state index contributed by atoms with van der Waals surface area (Å²) in [6, 6.07) is 13.9. The Morgan fingerprint density at radius 1 is 0.889 bits per heavy atom. The maximum Gasteiger partial charge on any atom is 0.354 e. The number of anilines is 2. The molecule has 140 valence electrons. The fourth-order valence-corrected chi connectivity index (χ4v) is 2.25. The van der Waals surface area contributed by atoms with Crippen LogP contribution in [0.5, 0.6) is 0 Å². The summed E-state index contributed by atoms with van der Waals surface area (Å²) in [7, 11) is 2.39. The van der Waals surface area contributed by atoms with E-state index in [2.05, 4.69) is 20.1 Å². The SMILES string of the molecule is COC(=O)/C=C(/Nc1cccc(C(=O)Nc2cccc(C)c2)c1)C(=O)OC. The lowest BCUT2D eigenvalue weighted by atomic mass is 10.1. The smallest absolute Gasteiger partial charge is 0.354 e. The predicted molar refractivity (Wildman–Crippen MR) is 101 cm³/mol. The van der Waals surface area contributed by atoms with Crippen molar-refractivity contribution >= 4 is 29.2 Å². The molecule has 7 heteroatoms. The second kappa shape index (κ2) is 9.19. The van der Waals surface area contributed by atoms with Crippen LogP contribution in [-0.2, 0) is 19.1 Å². The number of carbonyl (C=O) groups excluding carboxylic acids is 3. The first-order chi connectivity index (χ1) is 12.9. The first-order valence-electron chi connectivity index (χ1n) is 8.06. The second-order valence-electron chi connectivity index (χ2n) is 5.60. The van der Waals surface area contributed by atoms with Crippen LogP contribution in [0.3, 0.4) is 0 Å². The highest BCUT2D eigenvalue weighted by Gasteiger charge is 2.14. The zero-order valence-electron chi connectivity index (χ0n) is 15.2. The summed E-state index contributed by atoms with van der Waals surface area (Å²) in [5.74, 6) is -1.76. The van der Waals surface area contributed by atoms with Gasteiger partial charge in [0.1, 0.15) is 5.70 Å². The van der Waals surface area contributed by atoms with Gasteiger partial charge >= 0.3 is 11.9 Å². The number of methoxy groups -OCH3 is 2. The van der Waals surface area contributed by atoms with Gasteiger partial charge in [-0.2, -0.15) is 0 Å². The van der Waals surface area contributed by atoms with Gasteiger partial charge in [0.25, 0.3) is 5.91 Å². The normalized spacial score (nSPS) is 10.7. The second-order valence-corrected chi connectivity index (χ2v) is 5.60. The topological polar surface area (TPSA) is 93.7 Å². The largest absolute Gasteiger partial charge is 0.466 e. The van der Waals surface area contributed by atoms with Gasteiger partial charge in [0, 0.05) is 16.9 Å². The third-order valence-electron chi connectivity index (χ3n) is 3.55. The number of ether oxygens (including phenoxy) is 2. The first kappa shape index (κ1) is 19.7. The highest BCUT2D eigenvalue weighted by molar-refractivity contribution is 6.05. The highest BCUT2D eigenvalue weighted by Crippen LogP contribution is 2.16. The number of benzene rings is 2. The summed E-state index contributed by atoms with van der Waals surface area (Å²) in [4.78, 5) is 35.7. The molecule has 0 aromatic heterocycles. The maximum absolute atomic E-state index is 12.5. The Hall–Kier alpha value is -3.61. The van der Waals surface area contributed by atoms with Crippen molar-refractivity contribution in [2.24, 2.45) is 0 Å².